The van der Waals surface area contributed by atoms with Crippen LogP contribution in [0.15, 0.2) is 53.5 Å². The van der Waals surface area contributed by atoms with Crippen LogP contribution in [0.25, 0.3) is 11.5 Å². The van der Waals surface area contributed by atoms with E-state index < -0.39 is 0 Å². The number of imidazole rings is 1. The Labute approximate surface area is 160 Å². The minimum atomic E-state index is -0.281. The zero-order valence-corrected chi connectivity index (χ0v) is 15.2. The van der Waals surface area contributed by atoms with Crippen molar-refractivity contribution in [2.75, 3.05) is 6.54 Å². The van der Waals surface area contributed by atoms with Crippen LogP contribution >= 0.6 is 0 Å². The average molecular weight is 374 g/mol. The Kier molecular flexibility index (Phi) is 3.82. The van der Waals surface area contributed by atoms with E-state index in [1.807, 2.05) is 36.1 Å². The van der Waals surface area contributed by atoms with Crippen molar-refractivity contribution in [1.82, 2.24) is 30.0 Å². The first kappa shape index (κ1) is 16.5. The molecule has 1 unspecified atom stereocenters. The second kappa shape index (κ2) is 6.49. The highest BCUT2D eigenvalue weighted by atomic mass is 16.3. The first-order valence-corrected chi connectivity index (χ1v) is 9.06. The van der Waals surface area contributed by atoms with Gasteiger partial charge in [0.25, 0.3) is 5.91 Å². The topological polar surface area (TPSA) is 104 Å². The van der Waals surface area contributed by atoms with Crippen LogP contribution in [0.1, 0.15) is 39.2 Å². The molecule has 140 valence electrons. The third kappa shape index (κ3) is 2.70. The summed E-state index contributed by atoms with van der Waals surface area (Å²) in [5.41, 5.74) is 3.91. The highest BCUT2D eigenvalue weighted by molar-refractivity contribution is 5.94. The fourth-order valence-corrected chi connectivity index (χ4v) is 3.66. The summed E-state index contributed by atoms with van der Waals surface area (Å²) in [6.45, 7) is 2.45. The zero-order valence-electron chi connectivity index (χ0n) is 15.2. The van der Waals surface area contributed by atoms with Crippen LogP contribution in [0.3, 0.4) is 0 Å². The third-order valence-electron chi connectivity index (χ3n) is 5.01. The standard InChI is InChI=1S/C20H18N6O2/c1-12-2-3-17(28-12)15-10-16(25-24-15)20(27)26-9-6-14-18(23-11-22-14)19(26)13-4-7-21-8-5-13/h2-5,7-8,10-11,19H,6,9H2,1H3,(H,22,23)(H,24,25). The van der Waals surface area contributed by atoms with Crippen molar-refractivity contribution in [3.8, 4) is 11.5 Å². The maximum absolute atomic E-state index is 13.3. The number of aromatic amines is 2. The molecule has 1 aliphatic rings. The Morgan fingerprint density at radius 3 is 2.89 bits per heavy atom. The predicted octanol–water partition coefficient (Wildman–Crippen LogP) is 2.88. The molecule has 5 rings (SSSR count). The van der Waals surface area contributed by atoms with Crippen LogP contribution in [-0.2, 0) is 6.42 Å². The molecule has 2 N–H and O–H groups in total. The maximum Gasteiger partial charge on any atom is 0.275 e. The number of carbonyl (C=O) groups excluding carboxylic acids is 1. The number of furan rings is 1. The molecule has 28 heavy (non-hydrogen) atoms. The van der Waals surface area contributed by atoms with Gasteiger partial charge in [0.2, 0.25) is 0 Å². The quantitative estimate of drug-likeness (QED) is 0.574. The van der Waals surface area contributed by atoms with Gasteiger partial charge in [0.05, 0.1) is 12.0 Å². The molecule has 1 aliphatic heterocycles. The van der Waals surface area contributed by atoms with Gasteiger partial charge in [0.1, 0.15) is 17.5 Å². The molecule has 5 heterocycles. The maximum atomic E-state index is 13.3. The van der Waals surface area contributed by atoms with E-state index in [0.717, 1.165) is 29.1 Å². The summed E-state index contributed by atoms with van der Waals surface area (Å²) in [6, 6.07) is 9.00. The number of aryl methyl sites for hydroxylation is 1. The van der Waals surface area contributed by atoms with Crippen molar-refractivity contribution in [1.29, 1.82) is 0 Å². The van der Waals surface area contributed by atoms with Crippen LogP contribution in [0.4, 0.5) is 0 Å². The number of rotatable bonds is 3. The lowest BCUT2D eigenvalue weighted by atomic mass is 9.96. The molecule has 1 atom stereocenters. The summed E-state index contributed by atoms with van der Waals surface area (Å²) < 4.78 is 5.62. The van der Waals surface area contributed by atoms with E-state index in [0.29, 0.717) is 23.7 Å². The van der Waals surface area contributed by atoms with Gasteiger partial charge in [-0.25, -0.2) is 4.98 Å². The van der Waals surface area contributed by atoms with Gasteiger partial charge in [-0.1, -0.05) is 0 Å². The summed E-state index contributed by atoms with van der Waals surface area (Å²) in [5, 5.41) is 7.13. The van der Waals surface area contributed by atoms with E-state index in [4.69, 9.17) is 4.42 Å². The fourth-order valence-electron chi connectivity index (χ4n) is 3.66. The van der Waals surface area contributed by atoms with E-state index >= 15 is 0 Å². The number of carbonyl (C=O) groups is 1. The normalized spacial score (nSPS) is 16.2. The van der Waals surface area contributed by atoms with Crippen molar-refractivity contribution in [3.05, 3.63) is 77.5 Å². The van der Waals surface area contributed by atoms with Crippen molar-refractivity contribution in [2.45, 2.75) is 19.4 Å². The molecule has 0 bridgehead atoms. The highest BCUT2D eigenvalue weighted by Gasteiger charge is 2.35. The molecule has 0 radical (unpaired) electrons. The minimum absolute atomic E-state index is 0.152. The number of fused-ring (bicyclic) bond motifs is 1. The molecule has 4 aromatic rings. The Hall–Kier alpha value is -3.68. The zero-order chi connectivity index (χ0) is 19.1. The first-order chi connectivity index (χ1) is 13.7. The van der Waals surface area contributed by atoms with Crippen LogP contribution < -0.4 is 0 Å². The van der Waals surface area contributed by atoms with Crippen molar-refractivity contribution in [2.24, 2.45) is 0 Å². The van der Waals surface area contributed by atoms with Gasteiger partial charge in [0.15, 0.2) is 11.5 Å². The van der Waals surface area contributed by atoms with Crippen LogP contribution in [0.5, 0.6) is 0 Å². The Balaban J connectivity index is 1.51. The second-order valence-corrected chi connectivity index (χ2v) is 6.78. The van der Waals surface area contributed by atoms with Crippen molar-refractivity contribution >= 4 is 5.91 Å². The van der Waals surface area contributed by atoms with E-state index in [2.05, 4.69) is 25.1 Å². The van der Waals surface area contributed by atoms with E-state index in [-0.39, 0.29) is 11.9 Å². The van der Waals surface area contributed by atoms with E-state index in [9.17, 15) is 4.79 Å². The lowest BCUT2D eigenvalue weighted by Crippen LogP contribution is -2.41. The number of pyridine rings is 1. The molecule has 0 fully saturated rings. The number of hydrogen-bond acceptors (Lipinski definition) is 5. The molecule has 4 aromatic heterocycles. The second-order valence-electron chi connectivity index (χ2n) is 6.78. The van der Waals surface area contributed by atoms with Gasteiger partial charge in [0, 0.05) is 37.1 Å². The summed E-state index contributed by atoms with van der Waals surface area (Å²) in [6.07, 6.45) is 5.85. The number of aromatic nitrogens is 5. The van der Waals surface area contributed by atoms with Gasteiger partial charge in [-0.05, 0) is 36.8 Å². The molecule has 0 aliphatic carbocycles. The number of nitrogens with one attached hydrogen (secondary N) is 2. The van der Waals surface area contributed by atoms with Gasteiger partial charge in [-0.2, -0.15) is 5.10 Å². The summed E-state index contributed by atoms with van der Waals surface area (Å²) in [4.78, 5) is 26.9. The number of hydrogen-bond donors (Lipinski definition) is 2. The predicted molar refractivity (Wildman–Crippen MR) is 100 cm³/mol. The Morgan fingerprint density at radius 1 is 1.25 bits per heavy atom. The highest BCUT2D eigenvalue weighted by Crippen LogP contribution is 2.34. The minimum Gasteiger partial charge on any atom is -0.460 e. The largest absolute Gasteiger partial charge is 0.460 e. The number of amides is 1. The molecule has 0 saturated carbocycles. The van der Waals surface area contributed by atoms with Crippen molar-refractivity contribution in [3.63, 3.8) is 0 Å². The van der Waals surface area contributed by atoms with Crippen LogP contribution in [0.2, 0.25) is 0 Å². The lowest BCUT2D eigenvalue weighted by Gasteiger charge is -2.34. The summed E-state index contributed by atoms with van der Waals surface area (Å²) in [5.74, 6) is 1.31. The molecule has 8 nitrogen and oxygen atoms in total. The molecular weight excluding hydrogens is 356 g/mol. The average Bonchev–Trinajstić information content (AvgIpc) is 3.47. The molecule has 0 aromatic carbocycles. The van der Waals surface area contributed by atoms with Crippen LogP contribution in [-0.4, -0.2) is 42.5 Å². The van der Waals surface area contributed by atoms with E-state index in [1.54, 1.807) is 24.8 Å². The summed E-state index contributed by atoms with van der Waals surface area (Å²) in [7, 11) is 0. The van der Waals surface area contributed by atoms with Crippen LogP contribution in [0, 0.1) is 6.92 Å². The van der Waals surface area contributed by atoms with E-state index in [1.165, 1.54) is 0 Å². The Morgan fingerprint density at radius 2 is 2.11 bits per heavy atom. The molecule has 0 saturated heterocycles. The first-order valence-electron chi connectivity index (χ1n) is 9.06. The van der Waals surface area contributed by atoms with Gasteiger partial charge >= 0.3 is 0 Å². The number of nitrogens with zero attached hydrogens (tertiary/aromatic N) is 4. The third-order valence-corrected chi connectivity index (χ3v) is 5.01. The van der Waals surface area contributed by atoms with Gasteiger partial charge < -0.3 is 14.3 Å². The van der Waals surface area contributed by atoms with Crippen molar-refractivity contribution < 1.29 is 9.21 Å². The number of H-pyrrole nitrogens is 2. The molecule has 1 amide bonds. The molecular formula is C20H18N6O2. The molecule has 8 heteroatoms. The van der Waals surface area contributed by atoms with Gasteiger partial charge in [-0.3, -0.25) is 14.9 Å². The lowest BCUT2D eigenvalue weighted by molar-refractivity contribution is 0.0684. The molecule has 0 spiro atoms. The Bertz CT molecular complexity index is 1130. The fraction of sp³-hybridized carbons (Fsp3) is 0.200. The monoisotopic (exact) mass is 374 g/mol. The smallest absolute Gasteiger partial charge is 0.275 e. The van der Waals surface area contributed by atoms with Gasteiger partial charge in [-0.15, -0.1) is 0 Å². The summed E-state index contributed by atoms with van der Waals surface area (Å²) >= 11 is 0. The SMILES string of the molecule is Cc1ccc(-c2cc(C(=O)N3CCc4[nH]cnc4C3c3ccncc3)n[nH]2)o1.